The van der Waals surface area contributed by atoms with E-state index in [1.165, 1.54) is 0 Å². The first-order valence-electron chi connectivity index (χ1n) is 24.5. The van der Waals surface area contributed by atoms with Crippen molar-refractivity contribution in [1.82, 2.24) is 15.5 Å². The number of hydrogen-bond acceptors (Lipinski definition) is 19. The van der Waals surface area contributed by atoms with E-state index in [-0.39, 0.29) is 145 Å². The molecule has 0 spiro atoms. The standard InChI is InChI=1S/C48H81N3O19/c1-38(44(56)7-5-16-63-21-23-66-26-27-68-30-31-70-33-32-69-29-28-67-25-24-65-19-18-61-3)34-43(55)37-50-46(58)11-9-42(54)36-49-45(57)10-8-41(53)13-17-64-22-20-62-15-4-6-40(52)12-14-51-47(59)35-39(2)48(51)60/h38-39H,4-37H2,1-3H3,(H,49,57)(H,50,58). The van der Waals surface area contributed by atoms with Gasteiger partial charge in [0.15, 0.2) is 11.6 Å². The highest BCUT2D eigenvalue weighted by Crippen LogP contribution is 2.19. The summed E-state index contributed by atoms with van der Waals surface area (Å²) in [6.45, 7) is 10.8. The van der Waals surface area contributed by atoms with Gasteiger partial charge in [-0.1, -0.05) is 13.8 Å². The maximum Gasteiger partial charge on any atom is 0.232 e. The number of hydrogen-bond donors (Lipinski definition) is 2. The molecule has 2 atom stereocenters. The van der Waals surface area contributed by atoms with Gasteiger partial charge in [-0.2, -0.15) is 0 Å². The van der Waals surface area contributed by atoms with Crippen LogP contribution >= 0.6 is 0 Å². The average Bonchev–Trinajstić information content (AvgIpc) is 3.59. The second kappa shape index (κ2) is 43.8. The van der Waals surface area contributed by atoms with Crippen molar-refractivity contribution in [2.45, 2.75) is 90.9 Å². The van der Waals surface area contributed by atoms with Crippen molar-refractivity contribution in [3.63, 3.8) is 0 Å². The van der Waals surface area contributed by atoms with Crippen molar-refractivity contribution in [3.8, 4) is 0 Å². The quantitative estimate of drug-likeness (QED) is 0.0640. The summed E-state index contributed by atoms with van der Waals surface area (Å²) < 4.78 is 53.8. The average molecular weight is 1000 g/mol. The Hall–Kier alpha value is -3.97. The minimum atomic E-state index is -0.520. The highest BCUT2D eigenvalue weighted by Gasteiger charge is 2.35. The van der Waals surface area contributed by atoms with Crippen LogP contribution in [0.25, 0.3) is 0 Å². The maximum atomic E-state index is 12.5. The monoisotopic (exact) mass is 1000 g/mol. The van der Waals surface area contributed by atoms with Gasteiger partial charge in [0, 0.05) is 103 Å². The molecule has 2 unspecified atom stereocenters. The lowest BCUT2D eigenvalue weighted by atomic mass is 9.96. The summed E-state index contributed by atoms with van der Waals surface area (Å²) in [5, 5.41) is 4.91. The van der Waals surface area contributed by atoms with Crippen LogP contribution in [0, 0.1) is 11.8 Å². The molecular weight excluding hydrogens is 923 g/mol. The number of ketones is 5. The number of nitrogens with zero attached hydrogens (tertiary/aromatic N) is 1. The third kappa shape index (κ3) is 36.9. The van der Waals surface area contributed by atoms with Gasteiger partial charge in [0.1, 0.15) is 17.3 Å². The zero-order valence-electron chi connectivity index (χ0n) is 41.9. The zero-order chi connectivity index (χ0) is 51.5. The highest BCUT2D eigenvalue weighted by atomic mass is 16.6. The fourth-order valence-electron chi connectivity index (χ4n) is 6.30. The number of nitrogens with one attached hydrogen (secondary N) is 2. The Kier molecular flexibility index (Phi) is 40.1. The van der Waals surface area contributed by atoms with Gasteiger partial charge in [-0.05, 0) is 12.8 Å². The molecular formula is C48H81N3O19. The van der Waals surface area contributed by atoms with Crippen molar-refractivity contribution in [3.05, 3.63) is 0 Å². The van der Waals surface area contributed by atoms with E-state index in [2.05, 4.69) is 10.6 Å². The minimum Gasteiger partial charge on any atom is -0.382 e. The molecule has 1 saturated heterocycles. The molecule has 1 aliphatic rings. The van der Waals surface area contributed by atoms with Gasteiger partial charge in [-0.25, -0.2) is 0 Å². The summed E-state index contributed by atoms with van der Waals surface area (Å²) >= 11 is 0. The second-order valence-corrected chi connectivity index (χ2v) is 16.5. The van der Waals surface area contributed by atoms with E-state index in [0.717, 1.165) is 4.90 Å². The smallest absolute Gasteiger partial charge is 0.232 e. The summed E-state index contributed by atoms with van der Waals surface area (Å²) in [6, 6.07) is 0. The molecule has 0 aromatic carbocycles. The van der Waals surface area contributed by atoms with Gasteiger partial charge in [0.2, 0.25) is 23.6 Å². The van der Waals surface area contributed by atoms with E-state index in [1.54, 1.807) is 21.0 Å². The summed E-state index contributed by atoms with van der Waals surface area (Å²) in [5.41, 5.74) is 0. The Morgan fingerprint density at radius 1 is 0.486 bits per heavy atom. The van der Waals surface area contributed by atoms with Crippen LogP contribution in [-0.2, 0) is 90.5 Å². The summed E-state index contributed by atoms with van der Waals surface area (Å²) in [5.74, 6) is -3.34. The molecule has 402 valence electrons. The summed E-state index contributed by atoms with van der Waals surface area (Å²) in [7, 11) is 1.63. The van der Waals surface area contributed by atoms with Crippen LogP contribution in [0.4, 0.5) is 0 Å². The molecule has 0 saturated carbocycles. The van der Waals surface area contributed by atoms with E-state index >= 15 is 0 Å². The number of imide groups is 1. The Morgan fingerprint density at radius 3 is 1.34 bits per heavy atom. The van der Waals surface area contributed by atoms with Crippen molar-refractivity contribution < 1.29 is 90.5 Å². The molecule has 0 aliphatic carbocycles. The molecule has 1 heterocycles. The summed E-state index contributed by atoms with van der Waals surface area (Å²) in [6.07, 6.45) is 1.44. The van der Waals surface area contributed by atoms with Gasteiger partial charge in [-0.3, -0.25) is 48.1 Å². The molecule has 0 aromatic rings. The van der Waals surface area contributed by atoms with Gasteiger partial charge in [-0.15, -0.1) is 0 Å². The van der Waals surface area contributed by atoms with Crippen molar-refractivity contribution >= 4 is 52.5 Å². The van der Waals surface area contributed by atoms with Gasteiger partial charge in [0.25, 0.3) is 0 Å². The van der Waals surface area contributed by atoms with Gasteiger partial charge < -0.3 is 58.0 Å². The molecule has 0 radical (unpaired) electrons. The van der Waals surface area contributed by atoms with E-state index < -0.39 is 23.5 Å². The Bertz CT molecular complexity index is 1510. The molecule has 22 heteroatoms. The van der Waals surface area contributed by atoms with Gasteiger partial charge >= 0.3 is 0 Å². The fourth-order valence-corrected chi connectivity index (χ4v) is 6.30. The third-order valence-corrected chi connectivity index (χ3v) is 10.4. The highest BCUT2D eigenvalue weighted by molar-refractivity contribution is 6.03. The van der Waals surface area contributed by atoms with Crippen LogP contribution in [-0.4, -0.2) is 210 Å². The van der Waals surface area contributed by atoms with E-state index in [4.69, 9.17) is 47.4 Å². The van der Waals surface area contributed by atoms with Crippen LogP contribution in [0.1, 0.15) is 90.9 Å². The molecule has 1 fully saturated rings. The number of likely N-dealkylation sites (tertiary alicyclic amines) is 1. The number of Topliss-reactive ketones (excluding diaryl/α,β-unsaturated/α-hetero) is 5. The molecule has 1 rings (SSSR count). The van der Waals surface area contributed by atoms with Crippen molar-refractivity contribution in [1.29, 1.82) is 0 Å². The number of rotatable bonds is 51. The van der Waals surface area contributed by atoms with Crippen LogP contribution in [0.15, 0.2) is 0 Å². The molecule has 70 heavy (non-hydrogen) atoms. The number of carbonyl (C=O) groups excluding carboxylic acids is 9. The lowest BCUT2D eigenvalue weighted by molar-refractivity contribution is -0.139. The van der Waals surface area contributed by atoms with E-state index in [0.29, 0.717) is 119 Å². The Morgan fingerprint density at radius 2 is 0.886 bits per heavy atom. The topological polar surface area (TPSA) is 273 Å². The van der Waals surface area contributed by atoms with Crippen molar-refractivity contribution in [2.24, 2.45) is 11.8 Å². The lowest BCUT2D eigenvalue weighted by Crippen LogP contribution is -2.33. The molecule has 22 nitrogen and oxygen atoms in total. The first kappa shape index (κ1) is 64.0. The fraction of sp³-hybridized carbons (Fsp3) is 0.812. The normalized spacial score (nSPS) is 14.0. The maximum absolute atomic E-state index is 12.5. The van der Waals surface area contributed by atoms with Crippen LogP contribution in [0.3, 0.4) is 0 Å². The third-order valence-electron chi connectivity index (χ3n) is 10.4. The first-order valence-corrected chi connectivity index (χ1v) is 24.5. The molecule has 0 aromatic heterocycles. The molecule has 2 N–H and O–H groups in total. The first-order chi connectivity index (χ1) is 33.8. The Balaban J connectivity index is 1.90. The molecule has 1 aliphatic heterocycles. The lowest BCUT2D eigenvalue weighted by Gasteiger charge is -2.13. The zero-order valence-corrected chi connectivity index (χ0v) is 41.9. The Labute approximate surface area is 412 Å². The molecule has 0 bridgehead atoms. The van der Waals surface area contributed by atoms with Crippen LogP contribution in [0.5, 0.6) is 0 Å². The largest absolute Gasteiger partial charge is 0.382 e. The van der Waals surface area contributed by atoms with E-state index in [9.17, 15) is 43.2 Å². The van der Waals surface area contributed by atoms with Gasteiger partial charge in [0.05, 0.1) is 125 Å². The second-order valence-electron chi connectivity index (χ2n) is 16.5. The number of methoxy groups -OCH3 is 1. The summed E-state index contributed by atoms with van der Waals surface area (Å²) in [4.78, 5) is 110. The number of amides is 4. The minimum absolute atomic E-state index is 0.0283. The molecule has 4 amide bonds. The number of carbonyl (C=O) groups is 9. The van der Waals surface area contributed by atoms with Crippen LogP contribution in [0.2, 0.25) is 0 Å². The van der Waals surface area contributed by atoms with Crippen molar-refractivity contribution in [2.75, 3.05) is 152 Å². The SMILES string of the molecule is COCCOCCOCCOCCOCCOCCOCCOCCCC(=O)C(C)CC(=O)CNC(=O)CCC(=O)CNC(=O)CCC(=O)CCOCCOCCCC(=O)CCN1C(=O)CC(C)C1=O. The van der Waals surface area contributed by atoms with E-state index in [1.807, 2.05) is 0 Å². The van der Waals surface area contributed by atoms with Crippen LogP contribution < -0.4 is 10.6 Å². The number of ether oxygens (including phenoxy) is 10. The predicted molar refractivity (Wildman–Crippen MR) is 251 cm³/mol. The predicted octanol–water partition coefficient (Wildman–Crippen LogP) is 1.18.